The Bertz CT molecular complexity index is 1160. The average Bonchev–Trinajstić information content (AvgIpc) is 3.43. The minimum atomic E-state index is -3.26. The van der Waals surface area contributed by atoms with Gasteiger partial charge in [-0.3, -0.25) is 4.79 Å². The van der Waals surface area contributed by atoms with Crippen molar-refractivity contribution in [1.29, 1.82) is 0 Å². The number of rotatable bonds is 8. The van der Waals surface area contributed by atoms with Crippen LogP contribution in [0.1, 0.15) is 41.1 Å². The fourth-order valence-electron chi connectivity index (χ4n) is 4.34. The normalized spacial score (nSPS) is 16.2. The molecule has 0 radical (unpaired) electrons. The number of carbonyl (C=O) groups excluding carboxylic acids is 1. The number of hydrogen-bond donors (Lipinski definition) is 2. The topological polar surface area (TPSA) is 105 Å². The maximum absolute atomic E-state index is 12.6. The lowest BCUT2D eigenvalue weighted by Gasteiger charge is -2.31. The van der Waals surface area contributed by atoms with E-state index in [4.69, 9.17) is 10.5 Å². The van der Waals surface area contributed by atoms with E-state index < -0.39 is 15.9 Å². The number of nitrogens with one attached hydrogen (secondary N) is 1. The molecule has 3 heterocycles. The third-order valence-corrected chi connectivity index (χ3v) is 8.62. The van der Waals surface area contributed by atoms with Crippen LogP contribution in [0, 0.1) is 0 Å². The highest BCUT2D eigenvalue weighted by Gasteiger charge is 2.30. The molecule has 0 bridgehead atoms. The van der Waals surface area contributed by atoms with E-state index in [1.807, 2.05) is 29.1 Å². The van der Waals surface area contributed by atoms with Gasteiger partial charge in [0, 0.05) is 38.4 Å². The van der Waals surface area contributed by atoms with Gasteiger partial charge in [0.25, 0.3) is 5.91 Å². The van der Waals surface area contributed by atoms with Crippen LogP contribution < -0.4 is 5.73 Å². The summed E-state index contributed by atoms with van der Waals surface area (Å²) in [4.78, 5) is 15.3. The van der Waals surface area contributed by atoms with Crippen molar-refractivity contribution in [2.75, 3.05) is 32.6 Å². The van der Waals surface area contributed by atoms with E-state index in [0.717, 1.165) is 40.4 Å². The number of methoxy groups -OCH3 is 1. The summed E-state index contributed by atoms with van der Waals surface area (Å²) in [5.41, 5.74) is 10.0. The summed E-state index contributed by atoms with van der Waals surface area (Å²) in [7, 11) is -1.68. The molecule has 1 aliphatic heterocycles. The number of benzene rings is 1. The Morgan fingerprint density at radius 2 is 2.06 bits per heavy atom. The number of thiophene rings is 1. The van der Waals surface area contributed by atoms with Crippen LogP contribution in [0.2, 0.25) is 0 Å². The SMILES string of the molecule is COCCCS(=O)(=O)N1CCC(c2c[nH]c3c(C(N)=O)cc(-c4ccsc4)cc23)CC1. The van der Waals surface area contributed by atoms with Gasteiger partial charge in [-0.15, -0.1) is 0 Å². The first-order valence-electron chi connectivity index (χ1n) is 10.3. The number of primary amides is 1. The molecule has 9 heteroatoms. The number of nitrogens with two attached hydrogens (primary N) is 1. The molecular weight excluding hydrogens is 434 g/mol. The molecule has 2 aromatic heterocycles. The fourth-order valence-corrected chi connectivity index (χ4v) is 6.51. The van der Waals surface area contributed by atoms with Crippen LogP contribution in [0.4, 0.5) is 0 Å². The van der Waals surface area contributed by atoms with Crippen LogP contribution in [0.25, 0.3) is 22.0 Å². The van der Waals surface area contributed by atoms with Gasteiger partial charge in [-0.1, -0.05) is 0 Å². The van der Waals surface area contributed by atoms with Crippen molar-refractivity contribution in [3.05, 3.63) is 46.3 Å². The van der Waals surface area contributed by atoms with Crippen LogP contribution in [0.15, 0.2) is 35.2 Å². The van der Waals surface area contributed by atoms with E-state index in [9.17, 15) is 13.2 Å². The molecule has 1 aromatic carbocycles. The summed E-state index contributed by atoms with van der Waals surface area (Å²) in [6, 6.07) is 5.96. The smallest absolute Gasteiger partial charge is 0.250 e. The number of aromatic nitrogens is 1. The van der Waals surface area contributed by atoms with Crippen molar-refractivity contribution >= 4 is 38.2 Å². The molecule has 1 amide bonds. The molecule has 7 nitrogen and oxygen atoms in total. The van der Waals surface area contributed by atoms with E-state index in [1.54, 1.807) is 22.8 Å². The largest absolute Gasteiger partial charge is 0.385 e. The molecule has 0 atom stereocenters. The van der Waals surface area contributed by atoms with Gasteiger partial charge in [0.05, 0.1) is 16.8 Å². The van der Waals surface area contributed by atoms with Gasteiger partial charge in [-0.25, -0.2) is 12.7 Å². The van der Waals surface area contributed by atoms with Crippen molar-refractivity contribution in [3.63, 3.8) is 0 Å². The van der Waals surface area contributed by atoms with Gasteiger partial charge >= 0.3 is 0 Å². The van der Waals surface area contributed by atoms with Gasteiger partial charge in [0.2, 0.25) is 10.0 Å². The van der Waals surface area contributed by atoms with Crippen molar-refractivity contribution < 1.29 is 17.9 Å². The molecule has 1 saturated heterocycles. The monoisotopic (exact) mass is 461 g/mol. The van der Waals surface area contributed by atoms with E-state index in [0.29, 0.717) is 31.7 Å². The second kappa shape index (κ2) is 9.12. The second-order valence-electron chi connectivity index (χ2n) is 7.90. The molecule has 1 fully saturated rings. The lowest BCUT2D eigenvalue weighted by Crippen LogP contribution is -2.39. The van der Waals surface area contributed by atoms with Crippen LogP contribution in [0.5, 0.6) is 0 Å². The number of H-pyrrole nitrogens is 1. The minimum absolute atomic E-state index is 0.116. The van der Waals surface area contributed by atoms with Gasteiger partial charge in [0.1, 0.15) is 0 Å². The highest BCUT2D eigenvalue weighted by molar-refractivity contribution is 7.89. The zero-order valence-corrected chi connectivity index (χ0v) is 19.1. The van der Waals surface area contributed by atoms with Crippen LogP contribution >= 0.6 is 11.3 Å². The second-order valence-corrected chi connectivity index (χ2v) is 10.8. The van der Waals surface area contributed by atoms with Gasteiger partial charge in [-0.2, -0.15) is 11.3 Å². The lowest BCUT2D eigenvalue weighted by molar-refractivity contribution is 0.100. The number of hydrogen-bond acceptors (Lipinski definition) is 5. The Labute approximate surface area is 186 Å². The maximum atomic E-state index is 12.6. The van der Waals surface area contributed by atoms with Crippen molar-refractivity contribution in [2.24, 2.45) is 5.73 Å². The maximum Gasteiger partial charge on any atom is 0.250 e. The molecule has 3 aromatic rings. The highest BCUT2D eigenvalue weighted by Crippen LogP contribution is 2.37. The molecule has 0 spiro atoms. The predicted octanol–water partition coefficient (Wildman–Crippen LogP) is 3.54. The number of nitrogens with zero attached hydrogens (tertiary/aromatic N) is 1. The highest BCUT2D eigenvalue weighted by atomic mass is 32.2. The van der Waals surface area contributed by atoms with Crippen LogP contribution in [0.3, 0.4) is 0 Å². The number of sulfonamides is 1. The molecule has 1 aliphatic rings. The first kappa shape index (κ1) is 22.0. The first-order valence-corrected chi connectivity index (χ1v) is 12.9. The zero-order chi connectivity index (χ0) is 22.0. The van der Waals surface area contributed by atoms with E-state index in [-0.39, 0.29) is 11.7 Å². The molecule has 4 rings (SSSR count). The number of carbonyl (C=O) groups is 1. The standard InChI is InChI=1S/C22H27N3O4S2/c1-29-8-2-10-31(27,28)25-6-3-15(4-7-25)20-13-24-21-18(20)11-17(12-19(21)22(23)26)16-5-9-30-14-16/h5,9,11-15,24H,2-4,6-8,10H2,1H3,(H2,23,26). The predicted molar refractivity (Wildman–Crippen MR) is 124 cm³/mol. The molecule has 166 valence electrons. The number of ether oxygens (including phenoxy) is 1. The molecule has 0 unspecified atom stereocenters. The summed E-state index contributed by atoms with van der Waals surface area (Å²) < 4.78 is 31.7. The number of piperidine rings is 1. The first-order chi connectivity index (χ1) is 14.9. The third-order valence-electron chi connectivity index (χ3n) is 5.98. The Kier molecular flexibility index (Phi) is 6.47. The zero-order valence-electron chi connectivity index (χ0n) is 17.5. The average molecular weight is 462 g/mol. The lowest BCUT2D eigenvalue weighted by atomic mass is 9.88. The van der Waals surface area contributed by atoms with Crippen molar-refractivity contribution in [2.45, 2.75) is 25.2 Å². The quantitative estimate of drug-likeness (QED) is 0.501. The minimum Gasteiger partial charge on any atom is -0.385 e. The fraction of sp³-hybridized carbons (Fsp3) is 0.409. The summed E-state index contributed by atoms with van der Waals surface area (Å²) in [5.74, 6) is -0.130. The Morgan fingerprint density at radius 1 is 1.29 bits per heavy atom. The summed E-state index contributed by atoms with van der Waals surface area (Å²) in [5, 5.41) is 5.04. The Morgan fingerprint density at radius 3 is 2.71 bits per heavy atom. The van der Waals surface area contributed by atoms with Gasteiger partial charge < -0.3 is 15.5 Å². The Hall–Kier alpha value is -2.20. The van der Waals surface area contributed by atoms with Crippen LogP contribution in [-0.4, -0.2) is 56.2 Å². The third kappa shape index (κ3) is 4.55. The molecule has 3 N–H and O–H groups in total. The van der Waals surface area contributed by atoms with E-state index >= 15 is 0 Å². The molecule has 31 heavy (non-hydrogen) atoms. The Balaban J connectivity index is 1.59. The molecular formula is C22H27N3O4S2. The van der Waals surface area contributed by atoms with Crippen molar-refractivity contribution in [3.8, 4) is 11.1 Å². The molecule has 0 aliphatic carbocycles. The van der Waals surface area contributed by atoms with Crippen molar-refractivity contribution in [1.82, 2.24) is 9.29 Å². The van der Waals surface area contributed by atoms with Crippen LogP contribution in [-0.2, 0) is 14.8 Å². The number of fused-ring (bicyclic) bond motifs is 1. The summed E-state index contributed by atoms with van der Waals surface area (Å²) in [6.45, 7) is 1.44. The van der Waals surface area contributed by atoms with E-state index in [2.05, 4.69) is 11.1 Å². The number of amides is 1. The van der Waals surface area contributed by atoms with Gasteiger partial charge in [0.15, 0.2) is 0 Å². The van der Waals surface area contributed by atoms with E-state index in [1.165, 1.54) is 0 Å². The summed E-state index contributed by atoms with van der Waals surface area (Å²) >= 11 is 1.60. The summed E-state index contributed by atoms with van der Waals surface area (Å²) in [6.07, 6.45) is 3.93. The molecule has 0 saturated carbocycles. The van der Waals surface area contributed by atoms with Gasteiger partial charge in [-0.05, 0) is 70.8 Å². The number of aromatic amines is 1.